The second-order valence-electron chi connectivity index (χ2n) is 7.62. The molecule has 5 rings (SSSR count). The summed E-state index contributed by atoms with van der Waals surface area (Å²) < 4.78 is 33.0. The molecule has 1 amide bonds. The fraction of sp³-hybridized carbons (Fsp3) is 0.0800. The van der Waals surface area contributed by atoms with Crippen LogP contribution in [0.25, 0.3) is 16.9 Å². The van der Waals surface area contributed by atoms with Gasteiger partial charge in [-0.05, 0) is 24.3 Å². The first-order chi connectivity index (χ1) is 16.4. The molecular formula is C25H19N3O5S. The summed E-state index contributed by atoms with van der Waals surface area (Å²) in [5.41, 5.74) is 3.00. The molecule has 8 nitrogen and oxygen atoms in total. The number of esters is 1. The van der Waals surface area contributed by atoms with Gasteiger partial charge in [-0.25, -0.2) is 17.4 Å². The summed E-state index contributed by atoms with van der Waals surface area (Å²) in [5, 5.41) is 4.66. The number of carbonyl (C=O) groups excluding carboxylic acids is 2. The minimum absolute atomic E-state index is 0.0470. The van der Waals surface area contributed by atoms with Crippen molar-refractivity contribution in [2.45, 2.75) is 11.5 Å². The molecule has 0 spiro atoms. The SMILES string of the molecule is O=C(CN1C(=O)c2ccccc2S1(=O)=O)OCc1cn(-c2ccccc2)nc1-c1ccccc1. The van der Waals surface area contributed by atoms with Crippen LogP contribution < -0.4 is 0 Å². The number of aromatic nitrogens is 2. The van der Waals surface area contributed by atoms with E-state index < -0.39 is 28.4 Å². The Morgan fingerprint density at radius 1 is 0.882 bits per heavy atom. The highest BCUT2D eigenvalue weighted by molar-refractivity contribution is 7.90. The predicted octanol–water partition coefficient (Wildman–Crippen LogP) is 3.43. The van der Waals surface area contributed by atoms with Crippen molar-refractivity contribution in [3.63, 3.8) is 0 Å². The summed E-state index contributed by atoms with van der Waals surface area (Å²) in [6.07, 6.45) is 1.76. The predicted molar refractivity (Wildman–Crippen MR) is 123 cm³/mol. The van der Waals surface area contributed by atoms with Crippen LogP contribution in [0.5, 0.6) is 0 Å². The number of ether oxygens (including phenoxy) is 1. The fourth-order valence-electron chi connectivity index (χ4n) is 3.78. The first kappa shape index (κ1) is 21.6. The lowest BCUT2D eigenvalue weighted by Gasteiger charge is -2.14. The van der Waals surface area contributed by atoms with Crippen LogP contribution in [0.1, 0.15) is 15.9 Å². The Kier molecular flexibility index (Phi) is 5.46. The molecule has 2 heterocycles. The third kappa shape index (κ3) is 3.86. The first-order valence-corrected chi connectivity index (χ1v) is 11.9. The Morgan fingerprint density at radius 3 is 2.24 bits per heavy atom. The van der Waals surface area contributed by atoms with Gasteiger partial charge in [0.05, 0.1) is 16.9 Å². The Bertz CT molecular complexity index is 1480. The number of hydrogen-bond acceptors (Lipinski definition) is 6. The molecule has 4 aromatic rings. The summed E-state index contributed by atoms with van der Waals surface area (Å²) in [6, 6.07) is 24.8. The molecule has 0 saturated heterocycles. The summed E-state index contributed by atoms with van der Waals surface area (Å²) in [7, 11) is -4.09. The number of nitrogens with zero attached hydrogens (tertiary/aromatic N) is 3. The zero-order chi connectivity index (χ0) is 23.7. The van der Waals surface area contributed by atoms with Crippen molar-refractivity contribution in [3.05, 3.63) is 102 Å². The van der Waals surface area contributed by atoms with Crippen molar-refractivity contribution in [1.29, 1.82) is 0 Å². The maximum absolute atomic E-state index is 12.7. The van der Waals surface area contributed by atoms with E-state index in [0.29, 0.717) is 15.6 Å². The van der Waals surface area contributed by atoms with Gasteiger partial charge in [0.1, 0.15) is 18.0 Å². The van der Waals surface area contributed by atoms with E-state index in [2.05, 4.69) is 5.10 Å². The summed E-state index contributed by atoms with van der Waals surface area (Å²) in [6.45, 7) is -0.839. The van der Waals surface area contributed by atoms with Crippen molar-refractivity contribution in [3.8, 4) is 16.9 Å². The van der Waals surface area contributed by atoms with E-state index in [9.17, 15) is 18.0 Å². The molecule has 1 aliphatic heterocycles. The fourth-order valence-corrected chi connectivity index (χ4v) is 5.29. The van der Waals surface area contributed by atoms with Gasteiger partial charge in [-0.15, -0.1) is 0 Å². The highest BCUT2D eigenvalue weighted by Gasteiger charge is 2.42. The second kappa shape index (κ2) is 8.60. The maximum Gasteiger partial charge on any atom is 0.327 e. The Labute approximate surface area is 196 Å². The largest absolute Gasteiger partial charge is 0.459 e. The molecule has 170 valence electrons. The van der Waals surface area contributed by atoms with Crippen molar-refractivity contribution in [2.24, 2.45) is 0 Å². The highest BCUT2D eigenvalue weighted by Crippen LogP contribution is 2.30. The summed E-state index contributed by atoms with van der Waals surface area (Å²) >= 11 is 0. The quantitative estimate of drug-likeness (QED) is 0.398. The molecule has 0 aliphatic carbocycles. The van der Waals surface area contributed by atoms with E-state index in [1.165, 1.54) is 18.2 Å². The second-order valence-corrected chi connectivity index (χ2v) is 9.45. The van der Waals surface area contributed by atoms with E-state index in [1.807, 2.05) is 60.7 Å². The van der Waals surface area contributed by atoms with Gasteiger partial charge in [0.15, 0.2) is 0 Å². The van der Waals surface area contributed by atoms with E-state index >= 15 is 0 Å². The lowest BCUT2D eigenvalue weighted by molar-refractivity contribution is -0.144. The van der Waals surface area contributed by atoms with Gasteiger partial charge in [-0.1, -0.05) is 60.7 Å². The maximum atomic E-state index is 12.7. The molecule has 9 heteroatoms. The van der Waals surface area contributed by atoms with Crippen LogP contribution >= 0.6 is 0 Å². The lowest BCUT2D eigenvalue weighted by atomic mass is 10.1. The molecular weight excluding hydrogens is 454 g/mol. The Morgan fingerprint density at radius 2 is 1.53 bits per heavy atom. The summed E-state index contributed by atoms with van der Waals surface area (Å²) in [5.74, 6) is -1.58. The minimum atomic E-state index is -4.09. The van der Waals surface area contributed by atoms with Gasteiger partial charge in [0.25, 0.3) is 15.9 Å². The average Bonchev–Trinajstić information content (AvgIpc) is 3.38. The molecule has 1 aliphatic rings. The summed E-state index contributed by atoms with van der Waals surface area (Å²) in [4.78, 5) is 25.0. The zero-order valence-corrected chi connectivity index (χ0v) is 18.7. The van der Waals surface area contributed by atoms with Crippen LogP contribution in [0, 0.1) is 0 Å². The van der Waals surface area contributed by atoms with Gasteiger partial charge >= 0.3 is 5.97 Å². The molecule has 0 N–H and O–H groups in total. The lowest BCUT2D eigenvalue weighted by Crippen LogP contribution is -2.35. The number of sulfonamides is 1. The van der Waals surface area contributed by atoms with E-state index in [4.69, 9.17) is 4.74 Å². The molecule has 3 aromatic carbocycles. The van der Waals surface area contributed by atoms with Crippen LogP contribution in [0.15, 0.2) is 96.0 Å². The molecule has 0 bridgehead atoms. The van der Waals surface area contributed by atoms with Crippen LogP contribution in [0.4, 0.5) is 0 Å². The van der Waals surface area contributed by atoms with Gasteiger partial charge in [0, 0.05) is 17.3 Å². The third-order valence-electron chi connectivity index (χ3n) is 5.43. The van der Waals surface area contributed by atoms with Gasteiger partial charge in [-0.3, -0.25) is 9.59 Å². The molecule has 1 aromatic heterocycles. The normalized spacial score (nSPS) is 14.1. The van der Waals surface area contributed by atoms with Crippen molar-refractivity contribution >= 4 is 21.9 Å². The van der Waals surface area contributed by atoms with Crippen molar-refractivity contribution in [2.75, 3.05) is 6.54 Å². The van der Waals surface area contributed by atoms with Gasteiger partial charge < -0.3 is 4.74 Å². The number of carbonyl (C=O) groups is 2. The number of para-hydroxylation sites is 1. The zero-order valence-electron chi connectivity index (χ0n) is 17.9. The minimum Gasteiger partial charge on any atom is -0.459 e. The Balaban J connectivity index is 1.37. The number of benzene rings is 3. The average molecular weight is 474 g/mol. The van der Waals surface area contributed by atoms with Gasteiger partial charge in [-0.2, -0.15) is 5.10 Å². The smallest absolute Gasteiger partial charge is 0.327 e. The number of hydrogen-bond donors (Lipinski definition) is 0. The number of amides is 1. The highest BCUT2D eigenvalue weighted by atomic mass is 32.2. The van der Waals surface area contributed by atoms with E-state index in [0.717, 1.165) is 11.3 Å². The van der Waals surface area contributed by atoms with Crippen molar-refractivity contribution in [1.82, 2.24) is 14.1 Å². The van der Waals surface area contributed by atoms with Crippen LogP contribution in [0.2, 0.25) is 0 Å². The molecule has 0 saturated carbocycles. The number of rotatable bonds is 6. The molecule has 0 atom stereocenters. The third-order valence-corrected chi connectivity index (χ3v) is 7.22. The topological polar surface area (TPSA) is 98.6 Å². The van der Waals surface area contributed by atoms with E-state index in [1.54, 1.807) is 16.9 Å². The van der Waals surface area contributed by atoms with Crippen LogP contribution in [0.3, 0.4) is 0 Å². The van der Waals surface area contributed by atoms with Crippen LogP contribution in [-0.2, 0) is 26.2 Å². The first-order valence-electron chi connectivity index (χ1n) is 10.5. The monoisotopic (exact) mass is 473 g/mol. The molecule has 0 radical (unpaired) electrons. The van der Waals surface area contributed by atoms with Gasteiger partial charge in [0.2, 0.25) is 0 Å². The van der Waals surface area contributed by atoms with Crippen molar-refractivity contribution < 1.29 is 22.7 Å². The number of fused-ring (bicyclic) bond motifs is 1. The molecule has 34 heavy (non-hydrogen) atoms. The molecule has 0 fully saturated rings. The van der Waals surface area contributed by atoms with Crippen LogP contribution in [-0.4, -0.2) is 40.9 Å². The standard InChI is InChI=1S/C25H19N3O5S/c29-23(16-28-25(30)21-13-7-8-14-22(21)34(28,31)32)33-17-19-15-27(20-11-5-2-6-12-20)26-24(19)18-9-3-1-4-10-18/h1-15H,16-17H2. The molecule has 0 unspecified atom stereocenters. The Hall–Kier alpha value is -4.24. The van der Waals surface area contributed by atoms with E-state index in [-0.39, 0.29) is 17.1 Å².